The monoisotopic (exact) mass is 381 g/mol. The second-order valence-electron chi connectivity index (χ2n) is 3.82. The molecule has 18 heavy (non-hydrogen) atoms. The van der Waals surface area contributed by atoms with E-state index in [9.17, 15) is 8.42 Å². The summed E-state index contributed by atoms with van der Waals surface area (Å²) in [6.07, 6.45) is 1.32. The van der Waals surface area contributed by atoms with E-state index < -0.39 is 10.0 Å². The first-order chi connectivity index (χ1) is 8.31. The Morgan fingerprint density at radius 2 is 2.00 bits per heavy atom. The van der Waals surface area contributed by atoms with Gasteiger partial charge >= 0.3 is 0 Å². The van der Waals surface area contributed by atoms with E-state index in [0.717, 1.165) is 5.69 Å². The van der Waals surface area contributed by atoms with Gasteiger partial charge in [-0.25, -0.2) is 8.42 Å². The number of aromatic nitrogens is 4. The average Bonchev–Trinajstić information content (AvgIpc) is 2.73. The van der Waals surface area contributed by atoms with Crippen molar-refractivity contribution in [1.82, 2.24) is 19.6 Å². The Kier molecular flexibility index (Phi) is 3.36. The molecule has 0 amide bonds. The first kappa shape index (κ1) is 13.3. The Hall–Kier alpha value is -1.10. The molecule has 2 rings (SSSR count). The largest absolute Gasteiger partial charge is 0.271 e. The van der Waals surface area contributed by atoms with Gasteiger partial charge in [-0.05, 0) is 29.5 Å². The van der Waals surface area contributed by atoms with E-state index in [-0.39, 0.29) is 4.90 Å². The molecule has 7 nitrogen and oxygen atoms in total. The molecule has 2 heterocycles. The number of anilines is 1. The predicted octanol–water partition coefficient (Wildman–Crippen LogP) is 0.867. The van der Waals surface area contributed by atoms with Gasteiger partial charge in [0.1, 0.15) is 8.60 Å². The number of aryl methyl sites for hydroxylation is 3. The number of rotatable bonds is 3. The summed E-state index contributed by atoms with van der Waals surface area (Å²) < 4.78 is 30.4. The molecule has 0 aliphatic rings. The third-order valence-corrected chi connectivity index (χ3v) is 5.48. The summed E-state index contributed by atoms with van der Waals surface area (Å²) >= 11 is 1.94. The lowest BCUT2D eigenvalue weighted by Gasteiger charge is -2.03. The minimum atomic E-state index is -3.64. The number of sulfonamides is 1. The smallest absolute Gasteiger partial charge is 0.267 e. The lowest BCUT2D eigenvalue weighted by Crippen LogP contribution is -2.14. The number of nitrogens with one attached hydrogen (secondary N) is 1. The molecule has 0 saturated carbocycles. The zero-order valence-corrected chi connectivity index (χ0v) is 13.0. The minimum Gasteiger partial charge on any atom is -0.271 e. The van der Waals surface area contributed by atoms with Gasteiger partial charge < -0.3 is 0 Å². The highest BCUT2D eigenvalue weighted by atomic mass is 127. The van der Waals surface area contributed by atoms with E-state index in [2.05, 4.69) is 14.9 Å². The third-order valence-electron chi connectivity index (χ3n) is 2.48. The van der Waals surface area contributed by atoms with Crippen LogP contribution >= 0.6 is 22.6 Å². The molecule has 0 aliphatic carbocycles. The normalized spacial score (nSPS) is 11.8. The zero-order chi connectivity index (χ0) is 13.5. The van der Waals surface area contributed by atoms with Crippen LogP contribution in [0.1, 0.15) is 5.69 Å². The van der Waals surface area contributed by atoms with E-state index in [1.54, 1.807) is 24.8 Å². The van der Waals surface area contributed by atoms with E-state index in [4.69, 9.17) is 0 Å². The Morgan fingerprint density at radius 3 is 2.44 bits per heavy atom. The summed E-state index contributed by atoms with van der Waals surface area (Å²) in [7, 11) is -0.206. The molecular formula is C9H12IN5O2S. The number of hydrogen-bond donors (Lipinski definition) is 1. The van der Waals surface area contributed by atoms with Gasteiger partial charge in [0.05, 0.1) is 6.20 Å². The van der Waals surface area contributed by atoms with Crippen LogP contribution in [0.3, 0.4) is 0 Å². The lowest BCUT2D eigenvalue weighted by atomic mass is 10.5. The van der Waals surface area contributed by atoms with Crippen molar-refractivity contribution >= 4 is 38.4 Å². The standard InChI is InChI=1S/C9H12IN5O2S/c1-6-4-8(12-14(6)2)13-18(16,17)7-5-11-15(3)9(7)10/h4-5H,1-3H3,(H,12,13). The van der Waals surface area contributed by atoms with Crippen LogP contribution in [0.15, 0.2) is 17.2 Å². The van der Waals surface area contributed by atoms with Crippen molar-refractivity contribution in [3.8, 4) is 0 Å². The Bertz CT molecular complexity index is 668. The highest BCUT2D eigenvalue weighted by Crippen LogP contribution is 2.20. The second kappa shape index (κ2) is 4.53. The molecule has 1 N–H and O–H groups in total. The highest BCUT2D eigenvalue weighted by Gasteiger charge is 2.22. The number of halogens is 1. The summed E-state index contributed by atoms with van der Waals surface area (Å²) in [5.74, 6) is 0.301. The summed E-state index contributed by atoms with van der Waals surface area (Å²) in [4.78, 5) is 0.147. The fourth-order valence-corrected chi connectivity index (χ4v) is 3.54. The molecule has 0 spiro atoms. The van der Waals surface area contributed by atoms with Crippen molar-refractivity contribution in [2.24, 2.45) is 14.1 Å². The molecule has 0 aromatic carbocycles. The maximum absolute atomic E-state index is 12.1. The first-order valence-corrected chi connectivity index (χ1v) is 7.58. The zero-order valence-electron chi connectivity index (χ0n) is 10.0. The summed E-state index contributed by atoms with van der Waals surface area (Å²) in [5, 5.41) is 7.97. The van der Waals surface area contributed by atoms with Crippen molar-refractivity contribution in [1.29, 1.82) is 0 Å². The molecule has 0 fully saturated rings. The number of nitrogens with zero attached hydrogens (tertiary/aromatic N) is 4. The fourth-order valence-electron chi connectivity index (χ4n) is 1.39. The molecule has 0 bridgehead atoms. The topological polar surface area (TPSA) is 81.8 Å². The van der Waals surface area contributed by atoms with Gasteiger partial charge in [0.25, 0.3) is 10.0 Å². The lowest BCUT2D eigenvalue weighted by molar-refractivity contribution is 0.600. The molecular weight excluding hydrogens is 369 g/mol. The van der Waals surface area contributed by atoms with Crippen LogP contribution in [0.2, 0.25) is 0 Å². The van der Waals surface area contributed by atoms with Crippen LogP contribution in [0.5, 0.6) is 0 Å². The molecule has 2 aromatic rings. The van der Waals surface area contributed by atoms with Crippen molar-refractivity contribution in [2.75, 3.05) is 4.72 Å². The van der Waals surface area contributed by atoms with E-state index >= 15 is 0 Å². The van der Waals surface area contributed by atoms with E-state index in [1.165, 1.54) is 10.9 Å². The predicted molar refractivity (Wildman–Crippen MR) is 74.7 cm³/mol. The van der Waals surface area contributed by atoms with Gasteiger partial charge in [0.2, 0.25) is 0 Å². The van der Waals surface area contributed by atoms with Crippen LogP contribution in [0, 0.1) is 10.6 Å². The van der Waals surface area contributed by atoms with Gasteiger partial charge in [-0.1, -0.05) is 0 Å². The van der Waals surface area contributed by atoms with Crippen LogP contribution in [0.25, 0.3) is 0 Å². The van der Waals surface area contributed by atoms with Crippen LogP contribution in [-0.2, 0) is 24.1 Å². The number of hydrogen-bond acceptors (Lipinski definition) is 4. The third kappa shape index (κ3) is 2.36. The molecule has 0 atom stereocenters. The molecule has 2 aromatic heterocycles. The van der Waals surface area contributed by atoms with Crippen LogP contribution in [-0.4, -0.2) is 28.0 Å². The maximum atomic E-state index is 12.1. The minimum absolute atomic E-state index is 0.147. The van der Waals surface area contributed by atoms with Gasteiger partial charge in [0, 0.05) is 25.9 Å². The fraction of sp³-hybridized carbons (Fsp3) is 0.333. The summed E-state index contributed by atoms with van der Waals surface area (Å²) in [5.41, 5.74) is 0.869. The molecule has 0 saturated heterocycles. The molecule has 0 aliphatic heterocycles. The molecule has 98 valence electrons. The summed E-state index contributed by atoms with van der Waals surface area (Å²) in [6.45, 7) is 1.85. The van der Waals surface area contributed by atoms with E-state index in [0.29, 0.717) is 9.52 Å². The SMILES string of the molecule is Cc1cc(NS(=O)(=O)c2cnn(C)c2I)nn1C. The maximum Gasteiger partial charge on any atom is 0.267 e. The van der Waals surface area contributed by atoms with Crippen molar-refractivity contribution < 1.29 is 8.42 Å². The van der Waals surface area contributed by atoms with Gasteiger partial charge in [-0.15, -0.1) is 0 Å². The van der Waals surface area contributed by atoms with Crippen molar-refractivity contribution in [2.45, 2.75) is 11.8 Å². The van der Waals surface area contributed by atoms with Gasteiger partial charge in [-0.2, -0.15) is 10.2 Å². The highest BCUT2D eigenvalue weighted by molar-refractivity contribution is 14.1. The Labute approximate surface area is 118 Å². The second-order valence-corrected chi connectivity index (χ2v) is 6.50. The van der Waals surface area contributed by atoms with Crippen molar-refractivity contribution in [3.63, 3.8) is 0 Å². The molecule has 9 heteroatoms. The quantitative estimate of drug-likeness (QED) is 0.800. The Morgan fingerprint density at radius 1 is 1.33 bits per heavy atom. The molecule has 0 unspecified atom stereocenters. The van der Waals surface area contributed by atoms with Crippen LogP contribution in [0.4, 0.5) is 5.82 Å². The van der Waals surface area contributed by atoms with Gasteiger partial charge in [0.15, 0.2) is 5.82 Å². The van der Waals surface area contributed by atoms with Crippen LogP contribution < -0.4 is 4.72 Å². The summed E-state index contributed by atoms with van der Waals surface area (Å²) in [6, 6.07) is 1.67. The van der Waals surface area contributed by atoms with E-state index in [1.807, 2.05) is 29.5 Å². The average molecular weight is 381 g/mol. The molecule has 0 radical (unpaired) electrons. The van der Waals surface area contributed by atoms with Crippen molar-refractivity contribution in [3.05, 3.63) is 21.7 Å². The Balaban J connectivity index is 2.36. The first-order valence-electron chi connectivity index (χ1n) is 5.02. The van der Waals surface area contributed by atoms with Gasteiger partial charge in [-0.3, -0.25) is 14.1 Å².